The van der Waals surface area contributed by atoms with Gasteiger partial charge in [0.15, 0.2) is 0 Å². The number of nitrogens with one attached hydrogen (secondary N) is 1. The summed E-state index contributed by atoms with van der Waals surface area (Å²) in [7, 11) is 0. The molecule has 2 aliphatic heterocycles. The largest absolute Gasteiger partial charge is 0.398 e. The second-order valence-electron chi connectivity index (χ2n) is 9.87. The van der Waals surface area contributed by atoms with Crippen LogP contribution in [0.25, 0.3) is 0 Å². The second kappa shape index (κ2) is 12.0. The number of anilines is 2. The summed E-state index contributed by atoms with van der Waals surface area (Å²) >= 11 is 14.5. The first-order valence-electron chi connectivity index (χ1n) is 12.9. The van der Waals surface area contributed by atoms with Gasteiger partial charge in [0.2, 0.25) is 5.91 Å². The third kappa shape index (κ3) is 5.71. The summed E-state index contributed by atoms with van der Waals surface area (Å²) in [4.78, 5) is 47.7. The van der Waals surface area contributed by atoms with Crippen molar-refractivity contribution < 1.29 is 14.4 Å². The van der Waals surface area contributed by atoms with E-state index in [2.05, 4.69) is 27.9 Å². The van der Waals surface area contributed by atoms with E-state index in [1.807, 2.05) is 11.8 Å². The summed E-state index contributed by atoms with van der Waals surface area (Å²) in [5.41, 5.74) is 8.45. The number of hydrogen-bond acceptors (Lipinski definition) is 6. The molecule has 8 nitrogen and oxygen atoms in total. The van der Waals surface area contributed by atoms with Gasteiger partial charge in [0.1, 0.15) is 6.04 Å². The summed E-state index contributed by atoms with van der Waals surface area (Å²) in [6.07, 6.45) is 0. The molecule has 3 aromatic rings. The van der Waals surface area contributed by atoms with Gasteiger partial charge in [0, 0.05) is 45.5 Å². The molecule has 2 heterocycles. The highest BCUT2D eigenvalue weighted by atomic mass is 127. The molecule has 0 saturated carbocycles. The number of amides is 3. The number of imide groups is 1. The van der Waals surface area contributed by atoms with Gasteiger partial charge in [0.05, 0.1) is 23.8 Å². The fourth-order valence-electron chi connectivity index (χ4n) is 5.30. The average Bonchev–Trinajstić information content (AvgIpc) is 3.01. The molecule has 3 amide bonds. The van der Waals surface area contributed by atoms with E-state index in [4.69, 9.17) is 28.9 Å². The second-order valence-corrected chi connectivity index (χ2v) is 12.0. The predicted molar refractivity (Wildman–Crippen MR) is 166 cm³/mol. The summed E-state index contributed by atoms with van der Waals surface area (Å²) < 4.78 is 0.801. The van der Waals surface area contributed by atoms with Crippen molar-refractivity contribution >= 4 is 74.9 Å². The Morgan fingerprint density at radius 3 is 2.38 bits per heavy atom. The minimum atomic E-state index is -1.12. The Bertz CT molecular complexity index is 1460. The van der Waals surface area contributed by atoms with Crippen molar-refractivity contribution in [3.05, 3.63) is 91.0 Å². The van der Waals surface area contributed by atoms with E-state index in [9.17, 15) is 14.4 Å². The van der Waals surface area contributed by atoms with Crippen molar-refractivity contribution in [3.63, 3.8) is 0 Å². The van der Waals surface area contributed by atoms with Gasteiger partial charge < -0.3 is 16.0 Å². The maximum Gasteiger partial charge on any atom is 0.261 e. The fraction of sp³-hybridized carbons (Fsp3) is 0.276. The number of fused-ring (bicyclic) bond motifs is 1. The van der Waals surface area contributed by atoms with Crippen LogP contribution >= 0.6 is 45.8 Å². The fourth-order valence-corrected chi connectivity index (χ4v) is 6.10. The van der Waals surface area contributed by atoms with E-state index in [1.165, 1.54) is 9.80 Å². The smallest absolute Gasteiger partial charge is 0.261 e. The molecule has 0 aliphatic carbocycles. The highest BCUT2D eigenvalue weighted by Gasteiger charge is 2.45. The Hall–Kier alpha value is -2.70. The van der Waals surface area contributed by atoms with Crippen LogP contribution in [0.1, 0.15) is 40.5 Å². The number of nitrogen functional groups attached to an aromatic ring is 1. The number of hydrogen-bond donors (Lipinski definition) is 2. The van der Waals surface area contributed by atoms with Crippen molar-refractivity contribution in [2.75, 3.05) is 43.4 Å². The van der Waals surface area contributed by atoms with E-state index in [0.717, 1.165) is 16.7 Å². The quantitative estimate of drug-likeness (QED) is 0.292. The van der Waals surface area contributed by atoms with Crippen LogP contribution < -0.4 is 16.0 Å². The third-order valence-corrected chi connectivity index (χ3v) is 8.47. The van der Waals surface area contributed by atoms with Gasteiger partial charge in [-0.2, -0.15) is 0 Å². The minimum absolute atomic E-state index is 0.0556. The van der Waals surface area contributed by atoms with Gasteiger partial charge in [-0.3, -0.25) is 19.3 Å². The summed E-state index contributed by atoms with van der Waals surface area (Å²) in [6, 6.07) is 15.3. The average molecular weight is 692 g/mol. The van der Waals surface area contributed by atoms with E-state index in [-0.39, 0.29) is 29.6 Å². The zero-order chi connectivity index (χ0) is 28.6. The molecule has 3 aromatic carbocycles. The molecule has 208 valence electrons. The Morgan fingerprint density at radius 2 is 1.70 bits per heavy atom. The minimum Gasteiger partial charge on any atom is -0.398 e. The van der Waals surface area contributed by atoms with Gasteiger partial charge in [0.25, 0.3) is 11.8 Å². The molecule has 0 aromatic heterocycles. The number of carbonyl (C=O) groups is 3. The third-order valence-electron chi connectivity index (χ3n) is 7.32. The number of nitrogens with zero attached hydrogens (tertiary/aromatic N) is 3. The van der Waals surface area contributed by atoms with E-state index < -0.39 is 18.0 Å². The molecular formula is C29H28Cl2IN5O3. The number of rotatable bonds is 5. The maximum absolute atomic E-state index is 14.6. The topological polar surface area (TPSA) is 99.0 Å². The number of piperazine rings is 1. The van der Waals surface area contributed by atoms with E-state index in [0.29, 0.717) is 39.9 Å². The Kier molecular flexibility index (Phi) is 8.67. The van der Waals surface area contributed by atoms with Gasteiger partial charge in [-0.25, -0.2) is 4.90 Å². The SMILES string of the molecule is C[C@H](c1ccc(Cl)cc1N)N1C(=O)c2cc(I)ccc2N(C(=O)CN2CCNCC2)C(=O)[C@@H]1c1ccc(Cl)cc1. The van der Waals surface area contributed by atoms with Crippen LogP contribution in [0.5, 0.6) is 0 Å². The first-order valence-corrected chi connectivity index (χ1v) is 14.7. The normalized spacial score (nSPS) is 18.9. The van der Waals surface area contributed by atoms with Crippen LogP contribution in [0.3, 0.4) is 0 Å². The number of halogens is 3. The standard InChI is InChI=1S/C29H28Cl2IN5O3/c1-17(22-8-6-20(31)14-24(22)33)36-27(18-2-4-19(30)5-3-18)29(40)37(26(38)16-35-12-10-34-11-13-35)25-9-7-21(32)15-23(25)28(36)39/h2-9,14-15,17,27,34H,10-13,16,33H2,1H3/t17-,27+/m1/s1. The van der Waals surface area contributed by atoms with Crippen LogP contribution in [0.4, 0.5) is 11.4 Å². The molecule has 0 spiro atoms. The van der Waals surface area contributed by atoms with Crippen molar-refractivity contribution in [1.82, 2.24) is 15.1 Å². The van der Waals surface area contributed by atoms with Gasteiger partial charge in [-0.15, -0.1) is 0 Å². The molecule has 0 radical (unpaired) electrons. The summed E-state index contributed by atoms with van der Waals surface area (Å²) in [6.45, 7) is 4.77. The van der Waals surface area contributed by atoms with Gasteiger partial charge in [-0.05, 0) is 83.1 Å². The molecule has 1 fully saturated rings. The maximum atomic E-state index is 14.6. The van der Waals surface area contributed by atoms with Crippen molar-refractivity contribution in [1.29, 1.82) is 0 Å². The van der Waals surface area contributed by atoms with E-state index >= 15 is 0 Å². The van der Waals surface area contributed by atoms with Crippen LogP contribution in [-0.4, -0.2) is 60.2 Å². The molecule has 1 saturated heterocycles. The lowest BCUT2D eigenvalue weighted by Gasteiger charge is -2.36. The lowest BCUT2D eigenvalue weighted by molar-refractivity contribution is -0.130. The van der Waals surface area contributed by atoms with Crippen LogP contribution in [-0.2, 0) is 9.59 Å². The molecule has 2 aliphatic rings. The zero-order valence-electron chi connectivity index (χ0n) is 21.7. The Labute approximate surface area is 256 Å². The van der Waals surface area contributed by atoms with Crippen LogP contribution in [0.15, 0.2) is 60.7 Å². The molecule has 5 rings (SSSR count). The molecule has 0 bridgehead atoms. The molecular weight excluding hydrogens is 664 g/mol. The lowest BCUT2D eigenvalue weighted by Crippen LogP contribution is -2.51. The number of nitrogens with two attached hydrogens (primary N) is 1. The highest BCUT2D eigenvalue weighted by Crippen LogP contribution is 2.41. The zero-order valence-corrected chi connectivity index (χ0v) is 25.4. The van der Waals surface area contributed by atoms with Crippen molar-refractivity contribution in [3.8, 4) is 0 Å². The summed E-state index contributed by atoms with van der Waals surface area (Å²) in [5.74, 6) is -1.29. The Balaban J connectivity index is 1.68. The predicted octanol–water partition coefficient (Wildman–Crippen LogP) is 4.90. The number of carbonyl (C=O) groups excluding carboxylic acids is 3. The van der Waals surface area contributed by atoms with Crippen LogP contribution in [0.2, 0.25) is 10.0 Å². The molecule has 0 unspecified atom stereocenters. The first-order chi connectivity index (χ1) is 19.2. The van der Waals surface area contributed by atoms with Crippen molar-refractivity contribution in [2.24, 2.45) is 0 Å². The molecule has 2 atom stereocenters. The molecule has 40 heavy (non-hydrogen) atoms. The Morgan fingerprint density at radius 1 is 1.02 bits per heavy atom. The molecule has 3 N–H and O–H groups in total. The summed E-state index contributed by atoms with van der Waals surface area (Å²) in [5, 5.41) is 4.23. The first kappa shape index (κ1) is 28.8. The lowest BCUT2D eigenvalue weighted by atomic mass is 9.97. The highest BCUT2D eigenvalue weighted by molar-refractivity contribution is 14.1. The monoisotopic (exact) mass is 691 g/mol. The van der Waals surface area contributed by atoms with Crippen LogP contribution in [0, 0.1) is 3.57 Å². The van der Waals surface area contributed by atoms with Crippen molar-refractivity contribution in [2.45, 2.75) is 19.0 Å². The van der Waals surface area contributed by atoms with E-state index in [1.54, 1.807) is 60.7 Å². The number of benzene rings is 3. The van der Waals surface area contributed by atoms with Gasteiger partial charge >= 0.3 is 0 Å². The molecule has 11 heteroatoms. The van der Waals surface area contributed by atoms with Gasteiger partial charge in [-0.1, -0.05) is 41.4 Å².